The van der Waals surface area contributed by atoms with Crippen LogP contribution in [0, 0.1) is 26.7 Å². The third-order valence-corrected chi connectivity index (χ3v) is 14.7. The van der Waals surface area contributed by atoms with Gasteiger partial charge in [0.15, 0.2) is 11.6 Å². The largest absolute Gasteiger partial charge is 0.507 e. The van der Waals surface area contributed by atoms with Crippen molar-refractivity contribution in [2.75, 3.05) is 45.8 Å². The van der Waals surface area contributed by atoms with Gasteiger partial charge in [-0.05, 0) is 113 Å². The molecule has 6 aromatic rings. The number of piperazine rings is 1. The van der Waals surface area contributed by atoms with Crippen molar-refractivity contribution in [1.29, 1.82) is 0 Å². The highest BCUT2D eigenvalue weighted by Gasteiger charge is 2.35. The first-order valence-electron chi connectivity index (χ1n) is 23.1. The fraction of sp³-hybridized carbons (Fsp3) is 0.420. The van der Waals surface area contributed by atoms with Crippen LogP contribution in [0.1, 0.15) is 101 Å². The van der Waals surface area contributed by atoms with E-state index in [0.717, 1.165) is 111 Å². The van der Waals surface area contributed by atoms with Crippen LogP contribution in [0.2, 0.25) is 5.02 Å². The molecule has 0 saturated carbocycles. The standard InChI is InChI=1S/C50H58ClN11O3S/c1-7-34-10-17-42(63)40(26-34)46-55-57-48(49(65)52-30(2)3)62(46)39-15-8-35(9-16-39)28-58-22-24-59(25-23-58)29-36-18-20-60(21-19-36)43(64)27-41-47-56-54-33(6)61(47)50-44(31(4)32(5)66-50)45(53-41)37-11-13-38(51)14-12-37/h8-17,26,30,36,41,63H,7,18-25,27-29H2,1-6H3,(H,52,65)/t41-/m0/s1. The number of phenolic OH excluding ortho intramolecular Hbond substituents is 1. The molecule has 2 saturated heterocycles. The number of thiophene rings is 1. The first-order chi connectivity index (χ1) is 31.8. The molecule has 3 aliphatic heterocycles. The molecular weight excluding hydrogens is 870 g/mol. The van der Waals surface area contributed by atoms with Gasteiger partial charge in [-0.1, -0.05) is 48.9 Å². The Morgan fingerprint density at radius 1 is 0.848 bits per heavy atom. The number of hydrogen-bond donors (Lipinski definition) is 2. The van der Waals surface area contributed by atoms with E-state index in [0.29, 0.717) is 28.2 Å². The minimum absolute atomic E-state index is 0.0791. The molecule has 1 atom stereocenters. The Bertz CT molecular complexity index is 2760. The molecule has 2 N–H and O–H groups in total. The number of halogens is 1. The van der Waals surface area contributed by atoms with E-state index in [4.69, 9.17) is 16.6 Å². The molecule has 3 aromatic heterocycles. The number of aromatic nitrogens is 6. The van der Waals surface area contributed by atoms with Crippen molar-refractivity contribution in [3.8, 4) is 27.8 Å². The zero-order valence-corrected chi connectivity index (χ0v) is 40.2. The average molecular weight is 929 g/mol. The van der Waals surface area contributed by atoms with Gasteiger partial charge in [0.1, 0.15) is 22.6 Å². The van der Waals surface area contributed by atoms with E-state index in [1.807, 2.05) is 74.2 Å². The van der Waals surface area contributed by atoms with Crippen LogP contribution in [0.4, 0.5) is 0 Å². The summed E-state index contributed by atoms with van der Waals surface area (Å²) in [5.74, 6) is 2.46. The van der Waals surface area contributed by atoms with E-state index in [-0.39, 0.29) is 35.9 Å². The lowest BCUT2D eigenvalue weighted by molar-refractivity contribution is -0.133. The Morgan fingerprint density at radius 2 is 1.55 bits per heavy atom. The van der Waals surface area contributed by atoms with Gasteiger partial charge in [0.2, 0.25) is 11.7 Å². The molecular formula is C50H58ClN11O3S. The number of fused-ring (bicyclic) bond motifs is 3. The van der Waals surface area contributed by atoms with Gasteiger partial charge in [-0.25, -0.2) is 0 Å². The van der Waals surface area contributed by atoms with Crippen molar-refractivity contribution in [2.24, 2.45) is 10.9 Å². The summed E-state index contributed by atoms with van der Waals surface area (Å²) in [6, 6.07) is 20.9. The Balaban J connectivity index is 0.801. The number of rotatable bonds is 12. The Hall–Kier alpha value is -5.74. The van der Waals surface area contributed by atoms with E-state index in [1.165, 1.54) is 16.0 Å². The first-order valence-corrected chi connectivity index (χ1v) is 24.3. The number of benzene rings is 3. The Labute approximate surface area is 395 Å². The topological polar surface area (TPSA) is 150 Å². The minimum Gasteiger partial charge on any atom is -0.507 e. The number of hydrogen-bond acceptors (Lipinski definition) is 11. The number of likely N-dealkylation sites (tertiary alicyclic amines) is 1. The first kappa shape index (κ1) is 45.4. The van der Waals surface area contributed by atoms with Crippen molar-refractivity contribution in [3.63, 3.8) is 0 Å². The van der Waals surface area contributed by atoms with Gasteiger partial charge in [-0.15, -0.1) is 31.7 Å². The molecule has 0 aliphatic carbocycles. The number of carbonyl (C=O) groups is 2. The molecule has 6 heterocycles. The fourth-order valence-electron chi connectivity index (χ4n) is 9.45. The monoisotopic (exact) mass is 927 g/mol. The maximum absolute atomic E-state index is 14.1. The van der Waals surface area contributed by atoms with Crippen LogP contribution in [0.15, 0.2) is 71.7 Å². The summed E-state index contributed by atoms with van der Waals surface area (Å²) in [7, 11) is 0. The number of amides is 2. The van der Waals surface area contributed by atoms with Crippen molar-refractivity contribution in [1.82, 2.24) is 49.5 Å². The maximum atomic E-state index is 14.1. The lowest BCUT2D eigenvalue weighted by Gasteiger charge is -2.39. The molecule has 0 bridgehead atoms. The fourth-order valence-corrected chi connectivity index (χ4v) is 10.8. The number of phenols is 1. The molecule has 0 unspecified atom stereocenters. The molecule has 9 rings (SSSR count). The summed E-state index contributed by atoms with van der Waals surface area (Å²) in [4.78, 5) is 41.0. The molecule has 344 valence electrons. The summed E-state index contributed by atoms with van der Waals surface area (Å²) in [5, 5.41) is 33.3. The average Bonchev–Trinajstić information content (AvgIpc) is 3.98. The number of nitrogens with one attached hydrogen (secondary N) is 1. The summed E-state index contributed by atoms with van der Waals surface area (Å²) in [6.07, 6.45) is 2.98. The second-order valence-electron chi connectivity index (χ2n) is 18.2. The van der Waals surface area contributed by atoms with Crippen molar-refractivity contribution in [2.45, 2.75) is 85.9 Å². The smallest absolute Gasteiger partial charge is 0.289 e. The molecule has 3 aliphatic rings. The van der Waals surface area contributed by atoms with E-state index in [1.54, 1.807) is 22.0 Å². The maximum Gasteiger partial charge on any atom is 0.289 e. The number of carbonyl (C=O) groups excluding carboxylic acids is 2. The van der Waals surface area contributed by atoms with Crippen molar-refractivity contribution < 1.29 is 14.7 Å². The number of nitrogens with zero attached hydrogens (tertiary/aromatic N) is 10. The second-order valence-corrected chi connectivity index (χ2v) is 19.8. The predicted octanol–water partition coefficient (Wildman–Crippen LogP) is 7.90. The lowest BCUT2D eigenvalue weighted by Crippen LogP contribution is -2.48. The van der Waals surface area contributed by atoms with Crippen LogP contribution in [-0.2, 0) is 17.8 Å². The molecule has 0 spiro atoms. The van der Waals surface area contributed by atoms with E-state index < -0.39 is 6.04 Å². The molecule has 2 amide bonds. The number of piperidine rings is 1. The predicted molar refractivity (Wildman–Crippen MR) is 259 cm³/mol. The van der Waals surface area contributed by atoms with E-state index >= 15 is 0 Å². The normalized spacial score (nSPS) is 17.1. The minimum atomic E-state index is -0.475. The van der Waals surface area contributed by atoms with Gasteiger partial charge in [0, 0.05) is 85.1 Å². The van der Waals surface area contributed by atoms with Crippen LogP contribution in [-0.4, -0.2) is 119 Å². The van der Waals surface area contributed by atoms with Crippen LogP contribution in [0.5, 0.6) is 5.75 Å². The van der Waals surface area contributed by atoms with Crippen molar-refractivity contribution in [3.05, 3.63) is 122 Å². The zero-order chi connectivity index (χ0) is 46.2. The van der Waals surface area contributed by atoms with E-state index in [9.17, 15) is 14.7 Å². The SMILES string of the molecule is CCc1ccc(O)c(-c2nnc(C(=O)NC(C)C)n2-c2ccc(CN3CCN(CC4CCN(C(=O)C[C@@H]5N=C(c6ccc(Cl)cc6)c6c(sc(C)c6C)-n6c(C)nnc65)CC4)CC3)cc2)c1. The van der Waals surface area contributed by atoms with Gasteiger partial charge >= 0.3 is 0 Å². The number of aryl methyl sites for hydroxylation is 3. The van der Waals surface area contributed by atoms with Crippen LogP contribution >= 0.6 is 22.9 Å². The Morgan fingerprint density at radius 3 is 2.24 bits per heavy atom. The molecule has 14 nitrogen and oxygen atoms in total. The second kappa shape index (κ2) is 19.2. The quantitative estimate of drug-likeness (QED) is 0.125. The highest BCUT2D eigenvalue weighted by Crippen LogP contribution is 2.40. The molecule has 2 fully saturated rings. The number of aromatic hydroxyl groups is 1. The van der Waals surface area contributed by atoms with Gasteiger partial charge in [-0.3, -0.25) is 28.6 Å². The molecule has 3 aromatic carbocycles. The lowest BCUT2D eigenvalue weighted by atomic mass is 9.95. The summed E-state index contributed by atoms with van der Waals surface area (Å²) in [6.45, 7) is 19.4. The zero-order valence-electron chi connectivity index (χ0n) is 38.6. The summed E-state index contributed by atoms with van der Waals surface area (Å²) >= 11 is 8.02. The highest BCUT2D eigenvalue weighted by molar-refractivity contribution is 7.15. The van der Waals surface area contributed by atoms with Crippen molar-refractivity contribution >= 4 is 40.5 Å². The third-order valence-electron chi connectivity index (χ3n) is 13.3. The van der Waals surface area contributed by atoms with Gasteiger partial charge in [0.05, 0.1) is 17.7 Å². The molecule has 16 heteroatoms. The van der Waals surface area contributed by atoms with Gasteiger partial charge in [-0.2, -0.15) is 0 Å². The molecule has 0 radical (unpaired) electrons. The van der Waals surface area contributed by atoms with Gasteiger partial charge in [0.25, 0.3) is 5.91 Å². The molecule has 66 heavy (non-hydrogen) atoms. The Kier molecular flexibility index (Phi) is 13.2. The van der Waals surface area contributed by atoms with Crippen LogP contribution < -0.4 is 5.32 Å². The van der Waals surface area contributed by atoms with E-state index in [2.05, 4.69) is 73.0 Å². The van der Waals surface area contributed by atoms with Crippen LogP contribution in [0.3, 0.4) is 0 Å². The van der Waals surface area contributed by atoms with Gasteiger partial charge < -0.3 is 20.2 Å². The number of aliphatic imine (C=N–C) groups is 1. The third kappa shape index (κ3) is 9.31. The highest BCUT2D eigenvalue weighted by atomic mass is 35.5. The summed E-state index contributed by atoms with van der Waals surface area (Å²) in [5.41, 5.74) is 7.56. The summed E-state index contributed by atoms with van der Waals surface area (Å²) < 4.78 is 3.84. The van der Waals surface area contributed by atoms with Crippen LogP contribution in [0.25, 0.3) is 22.1 Å².